The fourth-order valence-corrected chi connectivity index (χ4v) is 5.04. The average Bonchev–Trinajstić information content (AvgIpc) is 3.26. The van der Waals surface area contributed by atoms with E-state index in [-0.39, 0.29) is 23.6 Å². The molecule has 1 aromatic carbocycles. The topological polar surface area (TPSA) is 61.8 Å². The van der Waals surface area contributed by atoms with Crippen LogP contribution in [0.25, 0.3) is 0 Å². The fourth-order valence-electron chi connectivity index (χ4n) is 5.04. The highest BCUT2D eigenvalue weighted by molar-refractivity contribution is 6.17. The average molecular weight is 354 g/mol. The zero-order chi connectivity index (χ0) is 18.5. The van der Waals surface area contributed by atoms with Crippen LogP contribution in [0.5, 0.6) is 5.75 Å². The second-order valence-electron chi connectivity index (χ2n) is 7.27. The Kier molecular flexibility index (Phi) is 4.13. The molecule has 136 valence electrons. The first kappa shape index (κ1) is 17.3. The minimum atomic E-state index is -0.788. The maximum Gasteiger partial charge on any atom is 0.154 e. The van der Waals surface area contributed by atoms with Gasteiger partial charge in [-0.25, -0.2) is 0 Å². The van der Waals surface area contributed by atoms with Gasteiger partial charge in [0.05, 0.1) is 31.7 Å². The van der Waals surface area contributed by atoms with E-state index < -0.39 is 17.4 Å². The van der Waals surface area contributed by atoms with Crippen LogP contribution in [0.2, 0.25) is 0 Å². The van der Waals surface area contributed by atoms with Crippen LogP contribution in [-0.4, -0.2) is 44.1 Å². The molecule has 1 saturated carbocycles. The first-order valence-corrected chi connectivity index (χ1v) is 8.91. The third kappa shape index (κ3) is 2.26. The van der Waals surface area contributed by atoms with Crippen LogP contribution in [0.3, 0.4) is 0 Å². The van der Waals surface area contributed by atoms with Crippen molar-refractivity contribution in [3.8, 4) is 17.6 Å². The zero-order valence-electron chi connectivity index (χ0n) is 15.2. The molecule has 1 aliphatic carbocycles. The number of carbonyl (C=O) groups is 2. The van der Waals surface area contributed by atoms with Crippen molar-refractivity contribution >= 4 is 11.6 Å². The van der Waals surface area contributed by atoms with Crippen molar-refractivity contribution in [1.82, 2.24) is 0 Å². The maximum atomic E-state index is 13.3. The van der Waals surface area contributed by atoms with Crippen LogP contribution in [0.4, 0.5) is 0 Å². The standard InChI is InChI=1S/C21H22O5/c1-4-5-12-6-7-13(15(10-12)25-3)16-19(22)17-14-8-9-21(26-14,11-24-2)18(17)20(16)23/h6-7,10,14,16-18H,8-9,11H2,1-3H3/t14-,16?,17-,18+,21-/m0/s1. The van der Waals surface area contributed by atoms with E-state index in [1.807, 2.05) is 6.07 Å². The molecule has 0 spiro atoms. The largest absolute Gasteiger partial charge is 0.496 e. The summed E-state index contributed by atoms with van der Waals surface area (Å²) in [4.78, 5) is 26.5. The van der Waals surface area contributed by atoms with Crippen molar-refractivity contribution < 1.29 is 23.8 Å². The molecular weight excluding hydrogens is 332 g/mol. The Balaban J connectivity index is 1.75. The number of methoxy groups -OCH3 is 2. The first-order chi connectivity index (χ1) is 12.6. The second kappa shape index (κ2) is 6.22. The molecule has 0 radical (unpaired) electrons. The van der Waals surface area contributed by atoms with Crippen molar-refractivity contribution in [3.63, 3.8) is 0 Å². The number of carbonyl (C=O) groups excluding carboxylic acids is 2. The Morgan fingerprint density at radius 1 is 1.27 bits per heavy atom. The number of fused-ring (bicyclic) bond motifs is 5. The molecule has 5 nitrogen and oxygen atoms in total. The van der Waals surface area contributed by atoms with Gasteiger partial charge >= 0.3 is 0 Å². The van der Waals surface area contributed by atoms with Gasteiger partial charge in [0, 0.05) is 18.2 Å². The number of hydrogen-bond acceptors (Lipinski definition) is 5. The van der Waals surface area contributed by atoms with Crippen LogP contribution in [-0.2, 0) is 19.1 Å². The molecule has 2 bridgehead atoms. The lowest BCUT2D eigenvalue weighted by atomic mass is 9.73. The first-order valence-electron chi connectivity index (χ1n) is 8.91. The summed E-state index contributed by atoms with van der Waals surface area (Å²) in [6.45, 7) is 2.11. The molecule has 2 heterocycles. The molecule has 3 fully saturated rings. The smallest absolute Gasteiger partial charge is 0.154 e. The molecular formula is C21H22O5. The summed E-state index contributed by atoms with van der Waals surface area (Å²) >= 11 is 0. The minimum absolute atomic E-state index is 0.0460. The van der Waals surface area contributed by atoms with Crippen molar-refractivity contribution in [2.75, 3.05) is 20.8 Å². The van der Waals surface area contributed by atoms with E-state index in [1.165, 1.54) is 0 Å². The summed E-state index contributed by atoms with van der Waals surface area (Å²) in [6, 6.07) is 5.42. The lowest BCUT2D eigenvalue weighted by Crippen LogP contribution is -2.43. The number of hydrogen-bond donors (Lipinski definition) is 0. The van der Waals surface area contributed by atoms with Gasteiger partial charge in [0.1, 0.15) is 17.3 Å². The predicted octanol–water partition coefficient (Wildman–Crippen LogP) is 2.11. The van der Waals surface area contributed by atoms with Gasteiger partial charge in [-0.1, -0.05) is 12.0 Å². The summed E-state index contributed by atoms with van der Waals surface area (Å²) < 4.78 is 16.9. The Labute approximate surface area is 153 Å². The van der Waals surface area contributed by atoms with Crippen LogP contribution in [0.1, 0.15) is 36.8 Å². The van der Waals surface area contributed by atoms with Crippen molar-refractivity contribution in [2.45, 2.75) is 37.4 Å². The SMILES string of the molecule is CC#Cc1ccc(C2C(=O)[C@H]3[C@@H]4CC[C@@](COC)(O4)[C@H]3C2=O)c(OC)c1. The maximum absolute atomic E-state index is 13.3. The monoisotopic (exact) mass is 354 g/mol. The van der Waals surface area contributed by atoms with Crippen LogP contribution >= 0.6 is 0 Å². The number of benzene rings is 1. The Hall–Kier alpha value is -2.16. The van der Waals surface area contributed by atoms with Crippen molar-refractivity contribution in [2.24, 2.45) is 11.8 Å². The number of ketones is 2. The Morgan fingerprint density at radius 3 is 2.77 bits per heavy atom. The van der Waals surface area contributed by atoms with Gasteiger partial charge in [-0.15, -0.1) is 5.92 Å². The van der Waals surface area contributed by atoms with Gasteiger partial charge in [-0.2, -0.15) is 0 Å². The highest BCUT2D eigenvalue weighted by atomic mass is 16.6. The normalized spacial score (nSPS) is 34.6. The molecule has 3 aliphatic rings. The van der Waals surface area contributed by atoms with Crippen LogP contribution in [0, 0.1) is 23.7 Å². The van der Waals surface area contributed by atoms with E-state index in [9.17, 15) is 9.59 Å². The fraction of sp³-hybridized carbons (Fsp3) is 0.524. The summed E-state index contributed by atoms with van der Waals surface area (Å²) in [7, 11) is 3.15. The second-order valence-corrected chi connectivity index (χ2v) is 7.27. The predicted molar refractivity (Wildman–Crippen MR) is 94.0 cm³/mol. The molecule has 0 amide bonds. The van der Waals surface area contributed by atoms with Gasteiger partial charge in [-0.05, 0) is 31.9 Å². The van der Waals surface area contributed by atoms with Crippen molar-refractivity contribution in [3.05, 3.63) is 29.3 Å². The van der Waals surface area contributed by atoms with E-state index in [4.69, 9.17) is 14.2 Å². The van der Waals surface area contributed by atoms with Crippen LogP contribution < -0.4 is 4.74 Å². The summed E-state index contributed by atoms with van der Waals surface area (Å²) in [6.07, 6.45) is 1.40. The molecule has 1 unspecified atom stereocenters. The molecule has 4 rings (SSSR count). The number of rotatable bonds is 4. The summed E-state index contributed by atoms with van der Waals surface area (Å²) in [5.41, 5.74) is 0.780. The Morgan fingerprint density at radius 2 is 2.08 bits per heavy atom. The van der Waals surface area contributed by atoms with Gasteiger partial charge in [0.2, 0.25) is 0 Å². The zero-order valence-corrected chi connectivity index (χ0v) is 15.2. The lowest BCUT2D eigenvalue weighted by Gasteiger charge is -2.30. The third-order valence-electron chi connectivity index (χ3n) is 5.97. The molecule has 1 aromatic rings. The van der Waals surface area contributed by atoms with E-state index in [0.29, 0.717) is 17.9 Å². The quantitative estimate of drug-likeness (QED) is 0.612. The Bertz CT molecular complexity index is 833. The van der Waals surface area contributed by atoms with Gasteiger partial charge in [0.25, 0.3) is 0 Å². The van der Waals surface area contributed by atoms with Gasteiger partial charge in [-0.3, -0.25) is 9.59 Å². The molecule has 5 heteroatoms. The van der Waals surface area contributed by atoms with E-state index >= 15 is 0 Å². The van der Waals surface area contributed by atoms with Crippen LogP contribution in [0.15, 0.2) is 18.2 Å². The summed E-state index contributed by atoms with van der Waals surface area (Å²) in [5, 5.41) is 0. The molecule has 0 N–H and O–H groups in total. The van der Waals surface area contributed by atoms with E-state index in [0.717, 1.165) is 18.4 Å². The number of ether oxygens (including phenoxy) is 3. The molecule has 5 atom stereocenters. The number of Topliss-reactive ketones (excluding diaryl/α,β-unsaturated/α-hetero) is 2. The molecule has 2 saturated heterocycles. The third-order valence-corrected chi connectivity index (χ3v) is 5.97. The van der Waals surface area contributed by atoms with Gasteiger partial charge in [0.15, 0.2) is 11.6 Å². The highest BCUT2D eigenvalue weighted by Gasteiger charge is 2.69. The summed E-state index contributed by atoms with van der Waals surface area (Å²) in [5.74, 6) is 4.67. The van der Waals surface area contributed by atoms with Gasteiger partial charge < -0.3 is 14.2 Å². The lowest BCUT2D eigenvalue weighted by molar-refractivity contribution is -0.132. The molecule has 26 heavy (non-hydrogen) atoms. The minimum Gasteiger partial charge on any atom is -0.496 e. The van der Waals surface area contributed by atoms with Crippen molar-refractivity contribution in [1.29, 1.82) is 0 Å². The van der Waals surface area contributed by atoms with E-state index in [1.54, 1.807) is 33.3 Å². The highest BCUT2D eigenvalue weighted by Crippen LogP contribution is 2.58. The molecule has 0 aromatic heterocycles. The molecule has 2 aliphatic heterocycles. The van der Waals surface area contributed by atoms with E-state index in [2.05, 4.69) is 11.8 Å².